The first-order valence-electron chi connectivity index (χ1n) is 4.45. The normalized spacial score (nSPS) is 12.6. The molecular weight excluding hydrogens is 265 g/mol. The van der Waals surface area contributed by atoms with Crippen LogP contribution in [0.3, 0.4) is 0 Å². The molecule has 3 nitrogen and oxygen atoms in total. The first kappa shape index (κ1) is 12.4. The van der Waals surface area contributed by atoms with Crippen LogP contribution in [0, 0.1) is 5.82 Å². The van der Waals surface area contributed by atoms with E-state index in [0.29, 0.717) is 16.6 Å². The summed E-state index contributed by atoms with van der Waals surface area (Å²) in [6.07, 6.45) is -0.794. The third-order valence-corrected chi connectivity index (χ3v) is 2.46. The number of methoxy groups -OCH3 is 1. The maximum atomic E-state index is 13.4. The van der Waals surface area contributed by atoms with Gasteiger partial charge in [0.15, 0.2) is 11.6 Å². The van der Waals surface area contributed by atoms with Crippen LogP contribution in [-0.2, 0) is 0 Å². The van der Waals surface area contributed by atoms with Gasteiger partial charge in [-0.2, -0.15) is 0 Å². The van der Waals surface area contributed by atoms with Crippen molar-refractivity contribution in [2.75, 3.05) is 20.7 Å². The van der Waals surface area contributed by atoms with Gasteiger partial charge in [0.05, 0.1) is 13.2 Å². The molecule has 0 aliphatic rings. The molecule has 1 atom stereocenters. The summed E-state index contributed by atoms with van der Waals surface area (Å²) in [5.41, 5.74) is 0.429. The molecule has 5 heteroatoms. The van der Waals surface area contributed by atoms with Crippen LogP contribution in [-0.4, -0.2) is 25.8 Å². The van der Waals surface area contributed by atoms with Crippen molar-refractivity contribution in [2.45, 2.75) is 6.10 Å². The molecule has 1 aromatic carbocycles. The molecule has 0 aromatic heterocycles. The van der Waals surface area contributed by atoms with E-state index in [1.165, 1.54) is 13.2 Å². The second kappa shape index (κ2) is 5.44. The number of benzene rings is 1. The molecule has 0 radical (unpaired) electrons. The van der Waals surface area contributed by atoms with Crippen LogP contribution < -0.4 is 10.1 Å². The van der Waals surface area contributed by atoms with E-state index in [2.05, 4.69) is 21.2 Å². The zero-order valence-corrected chi connectivity index (χ0v) is 10.1. The van der Waals surface area contributed by atoms with E-state index in [1.54, 1.807) is 13.1 Å². The van der Waals surface area contributed by atoms with E-state index < -0.39 is 11.9 Å². The van der Waals surface area contributed by atoms with E-state index in [-0.39, 0.29) is 5.75 Å². The summed E-state index contributed by atoms with van der Waals surface area (Å²) in [6.45, 7) is 0.340. The van der Waals surface area contributed by atoms with Crippen molar-refractivity contribution in [3.63, 3.8) is 0 Å². The van der Waals surface area contributed by atoms with E-state index >= 15 is 0 Å². The lowest BCUT2D eigenvalue weighted by atomic mass is 10.1. The average molecular weight is 278 g/mol. The highest BCUT2D eigenvalue weighted by molar-refractivity contribution is 9.10. The molecule has 2 N–H and O–H groups in total. The summed E-state index contributed by atoms with van der Waals surface area (Å²) in [4.78, 5) is 0. The van der Waals surface area contributed by atoms with Gasteiger partial charge in [-0.1, -0.05) is 15.9 Å². The third-order valence-electron chi connectivity index (χ3n) is 2.00. The zero-order valence-electron chi connectivity index (χ0n) is 8.55. The van der Waals surface area contributed by atoms with Crippen LogP contribution in [0.5, 0.6) is 5.75 Å². The molecule has 15 heavy (non-hydrogen) atoms. The van der Waals surface area contributed by atoms with Gasteiger partial charge in [0.25, 0.3) is 0 Å². The van der Waals surface area contributed by atoms with Gasteiger partial charge in [0.1, 0.15) is 0 Å². The lowest BCUT2D eigenvalue weighted by molar-refractivity contribution is 0.172. The molecule has 0 aliphatic heterocycles. The maximum absolute atomic E-state index is 13.4. The van der Waals surface area contributed by atoms with Crippen molar-refractivity contribution in [3.05, 3.63) is 28.0 Å². The Hall–Kier alpha value is -0.650. The predicted octanol–water partition coefficient (Wildman–Crippen LogP) is 1.85. The quantitative estimate of drug-likeness (QED) is 0.883. The molecule has 84 valence electrons. The van der Waals surface area contributed by atoms with Crippen molar-refractivity contribution in [2.24, 2.45) is 0 Å². The van der Waals surface area contributed by atoms with Gasteiger partial charge < -0.3 is 15.2 Å². The zero-order chi connectivity index (χ0) is 11.4. The molecule has 0 heterocycles. The summed E-state index contributed by atoms with van der Waals surface area (Å²) in [6, 6.07) is 2.94. The number of aliphatic hydroxyl groups is 1. The predicted molar refractivity (Wildman–Crippen MR) is 59.5 cm³/mol. The number of hydrogen-bond donors (Lipinski definition) is 2. The van der Waals surface area contributed by atoms with Crippen LogP contribution in [0.25, 0.3) is 0 Å². The van der Waals surface area contributed by atoms with Crippen LogP contribution in [0.4, 0.5) is 4.39 Å². The Morgan fingerprint density at radius 2 is 2.27 bits per heavy atom. The number of likely N-dealkylation sites (N-methyl/N-ethyl adjacent to an activating group) is 1. The van der Waals surface area contributed by atoms with Gasteiger partial charge in [-0.3, -0.25) is 0 Å². The topological polar surface area (TPSA) is 41.5 Å². The van der Waals surface area contributed by atoms with E-state index in [1.807, 2.05) is 0 Å². The van der Waals surface area contributed by atoms with Gasteiger partial charge in [-0.05, 0) is 19.2 Å². The van der Waals surface area contributed by atoms with Crippen LogP contribution in [0.15, 0.2) is 16.6 Å². The minimum absolute atomic E-state index is 0.0842. The molecule has 1 rings (SSSR count). The number of aliphatic hydroxyl groups excluding tert-OH is 1. The van der Waals surface area contributed by atoms with Gasteiger partial charge >= 0.3 is 0 Å². The molecule has 0 amide bonds. The highest BCUT2D eigenvalue weighted by Gasteiger charge is 2.17. The fraction of sp³-hybridized carbons (Fsp3) is 0.400. The summed E-state index contributed by atoms with van der Waals surface area (Å²) in [5, 5.41) is 12.6. The molecular formula is C10H13BrFNO2. The third kappa shape index (κ3) is 2.90. The lowest BCUT2D eigenvalue weighted by Gasteiger charge is -2.15. The van der Waals surface area contributed by atoms with Crippen LogP contribution in [0.1, 0.15) is 11.7 Å². The van der Waals surface area contributed by atoms with Crippen LogP contribution in [0.2, 0.25) is 0 Å². The summed E-state index contributed by atoms with van der Waals surface area (Å²) < 4.78 is 18.9. The molecule has 1 unspecified atom stereocenters. The minimum Gasteiger partial charge on any atom is -0.493 e. The first-order chi connectivity index (χ1) is 7.10. The standard InChI is InChI=1S/C10H13BrFNO2/c1-13-5-9(14)7-3-6(11)4-8(12)10(7)15-2/h3-4,9,13-14H,5H2,1-2H3. The monoisotopic (exact) mass is 277 g/mol. The lowest BCUT2D eigenvalue weighted by Crippen LogP contribution is -2.17. The fourth-order valence-corrected chi connectivity index (χ4v) is 1.79. The molecule has 0 saturated carbocycles. The van der Waals surface area contributed by atoms with Crippen molar-refractivity contribution in [1.29, 1.82) is 0 Å². The molecule has 0 fully saturated rings. The maximum Gasteiger partial charge on any atom is 0.166 e. The number of halogens is 2. The van der Waals surface area contributed by atoms with E-state index in [0.717, 1.165) is 0 Å². The Kier molecular flexibility index (Phi) is 4.50. The minimum atomic E-state index is -0.794. The van der Waals surface area contributed by atoms with Crippen LogP contribution >= 0.6 is 15.9 Å². The Labute approximate surface area is 96.4 Å². The van der Waals surface area contributed by atoms with Crippen molar-refractivity contribution < 1.29 is 14.2 Å². The second-order valence-corrected chi connectivity index (χ2v) is 4.00. The van der Waals surface area contributed by atoms with Crippen molar-refractivity contribution >= 4 is 15.9 Å². The number of nitrogens with one attached hydrogen (secondary N) is 1. The number of hydrogen-bond acceptors (Lipinski definition) is 3. The highest BCUT2D eigenvalue weighted by atomic mass is 79.9. The molecule has 0 aliphatic carbocycles. The smallest absolute Gasteiger partial charge is 0.166 e. The molecule has 0 bridgehead atoms. The van der Waals surface area contributed by atoms with Crippen molar-refractivity contribution in [3.8, 4) is 5.75 Å². The van der Waals surface area contributed by atoms with Gasteiger partial charge in [0, 0.05) is 16.6 Å². The van der Waals surface area contributed by atoms with E-state index in [9.17, 15) is 9.50 Å². The Balaban J connectivity index is 3.13. The number of rotatable bonds is 4. The Bertz CT molecular complexity index is 346. The fourth-order valence-electron chi connectivity index (χ4n) is 1.35. The SMILES string of the molecule is CNCC(O)c1cc(Br)cc(F)c1OC. The summed E-state index contributed by atoms with van der Waals surface area (Å²) in [5.74, 6) is -0.405. The van der Waals surface area contributed by atoms with Gasteiger partial charge in [-0.15, -0.1) is 0 Å². The highest BCUT2D eigenvalue weighted by Crippen LogP contribution is 2.31. The Morgan fingerprint density at radius 3 is 2.80 bits per heavy atom. The van der Waals surface area contributed by atoms with E-state index in [4.69, 9.17) is 4.74 Å². The molecule has 1 aromatic rings. The largest absolute Gasteiger partial charge is 0.493 e. The van der Waals surface area contributed by atoms with Gasteiger partial charge in [0.2, 0.25) is 0 Å². The van der Waals surface area contributed by atoms with Gasteiger partial charge in [-0.25, -0.2) is 4.39 Å². The average Bonchev–Trinajstić information content (AvgIpc) is 2.17. The Morgan fingerprint density at radius 1 is 1.60 bits per heavy atom. The second-order valence-electron chi connectivity index (χ2n) is 3.08. The number of ether oxygens (including phenoxy) is 1. The summed E-state index contributed by atoms with van der Waals surface area (Å²) >= 11 is 3.17. The molecule has 0 saturated heterocycles. The van der Waals surface area contributed by atoms with Crippen molar-refractivity contribution in [1.82, 2.24) is 5.32 Å². The molecule has 0 spiro atoms. The summed E-state index contributed by atoms with van der Waals surface area (Å²) in [7, 11) is 3.09. The first-order valence-corrected chi connectivity index (χ1v) is 5.25.